The first-order chi connectivity index (χ1) is 12.1. The molecule has 3 rings (SSSR count). The second kappa shape index (κ2) is 8.47. The number of thiophene rings is 1. The molecule has 0 amide bonds. The third-order valence-corrected chi connectivity index (χ3v) is 5.40. The van der Waals surface area contributed by atoms with Crippen molar-refractivity contribution in [2.24, 2.45) is 16.9 Å². The van der Waals surface area contributed by atoms with Crippen molar-refractivity contribution in [2.75, 3.05) is 19.6 Å². The highest BCUT2D eigenvalue weighted by Crippen LogP contribution is 2.28. The van der Waals surface area contributed by atoms with Gasteiger partial charge < -0.3 is 15.8 Å². The fourth-order valence-electron chi connectivity index (χ4n) is 2.95. The molecular weight excluding hydrogens is 358 g/mol. The zero-order valence-electron chi connectivity index (χ0n) is 13.6. The molecule has 25 heavy (non-hydrogen) atoms. The van der Waals surface area contributed by atoms with E-state index in [1.54, 1.807) is 11.3 Å². The zero-order chi connectivity index (χ0) is 17.6. The Morgan fingerprint density at radius 2 is 2.16 bits per heavy atom. The number of carboxylic acids is 1. The Hall–Kier alpha value is -1.89. The van der Waals surface area contributed by atoms with Gasteiger partial charge in [0.2, 0.25) is 0 Å². The number of benzene rings is 1. The van der Waals surface area contributed by atoms with Crippen LogP contribution in [-0.4, -0.2) is 36.9 Å². The summed E-state index contributed by atoms with van der Waals surface area (Å²) >= 11 is 7.57. The number of aliphatic carboxylic acids is 1. The number of carbonyl (C=O) groups is 1. The van der Waals surface area contributed by atoms with Gasteiger partial charge in [0.15, 0.2) is 0 Å². The fourth-order valence-corrected chi connectivity index (χ4v) is 3.85. The van der Waals surface area contributed by atoms with Crippen LogP contribution < -0.4 is 10.7 Å². The predicted molar refractivity (Wildman–Crippen MR) is 102 cm³/mol. The summed E-state index contributed by atoms with van der Waals surface area (Å²) < 4.78 is 0. The van der Waals surface area contributed by atoms with Gasteiger partial charge in [-0.15, -0.1) is 11.3 Å². The Morgan fingerprint density at radius 1 is 1.36 bits per heavy atom. The van der Waals surface area contributed by atoms with Crippen molar-refractivity contribution in [3.63, 3.8) is 0 Å². The van der Waals surface area contributed by atoms with Gasteiger partial charge in [0.05, 0.1) is 17.0 Å². The van der Waals surface area contributed by atoms with E-state index in [9.17, 15) is 4.79 Å². The summed E-state index contributed by atoms with van der Waals surface area (Å²) in [6.45, 7) is 2.03. The number of nitrogens with one attached hydrogen (secondary N) is 2. The molecule has 0 radical (unpaired) electrons. The van der Waals surface area contributed by atoms with E-state index in [1.165, 1.54) is 0 Å². The highest BCUT2D eigenvalue weighted by atomic mass is 35.5. The molecule has 2 atom stereocenters. The van der Waals surface area contributed by atoms with E-state index in [1.807, 2.05) is 35.9 Å². The third kappa shape index (κ3) is 4.81. The SMILES string of the molecule is O=C(O)[C@H]1CNC[C@@H](CN/N=C/c2sccc2-c2ccc(Cl)cc2)C1. The summed E-state index contributed by atoms with van der Waals surface area (Å²) in [5.41, 5.74) is 5.29. The third-order valence-electron chi connectivity index (χ3n) is 4.29. The summed E-state index contributed by atoms with van der Waals surface area (Å²) in [6.07, 6.45) is 2.50. The van der Waals surface area contributed by atoms with Gasteiger partial charge in [-0.3, -0.25) is 4.79 Å². The van der Waals surface area contributed by atoms with Crippen molar-refractivity contribution in [3.8, 4) is 11.1 Å². The molecule has 0 bridgehead atoms. The summed E-state index contributed by atoms with van der Waals surface area (Å²) in [5, 5.41) is 19.4. The lowest BCUT2D eigenvalue weighted by Gasteiger charge is -2.27. The lowest BCUT2D eigenvalue weighted by Crippen LogP contribution is -2.42. The number of nitrogens with zero attached hydrogens (tertiary/aromatic N) is 1. The molecule has 1 saturated heterocycles. The van der Waals surface area contributed by atoms with Crippen LogP contribution in [0.3, 0.4) is 0 Å². The summed E-state index contributed by atoms with van der Waals surface area (Å²) in [4.78, 5) is 12.2. The molecule has 0 unspecified atom stereocenters. The number of rotatable bonds is 6. The van der Waals surface area contributed by atoms with Crippen LogP contribution in [0.5, 0.6) is 0 Å². The summed E-state index contributed by atoms with van der Waals surface area (Å²) in [5.74, 6) is -0.767. The van der Waals surface area contributed by atoms with E-state index in [0.29, 0.717) is 19.5 Å². The van der Waals surface area contributed by atoms with E-state index in [-0.39, 0.29) is 11.8 Å². The molecule has 1 aromatic carbocycles. The summed E-state index contributed by atoms with van der Waals surface area (Å²) in [7, 11) is 0. The molecule has 0 aliphatic carbocycles. The van der Waals surface area contributed by atoms with E-state index in [2.05, 4.69) is 21.9 Å². The maximum absolute atomic E-state index is 11.1. The Kier molecular flexibility index (Phi) is 6.07. The van der Waals surface area contributed by atoms with Crippen molar-refractivity contribution in [1.29, 1.82) is 0 Å². The van der Waals surface area contributed by atoms with Crippen molar-refractivity contribution in [3.05, 3.63) is 45.6 Å². The smallest absolute Gasteiger partial charge is 0.307 e. The van der Waals surface area contributed by atoms with Gasteiger partial charge in [-0.05, 0) is 48.0 Å². The predicted octanol–water partition coefficient (Wildman–Crippen LogP) is 3.30. The van der Waals surface area contributed by atoms with Gasteiger partial charge in [0.1, 0.15) is 0 Å². The molecule has 0 saturated carbocycles. The first kappa shape index (κ1) is 17.9. The molecule has 1 fully saturated rings. The Bertz CT molecular complexity index is 745. The van der Waals surface area contributed by atoms with Crippen molar-refractivity contribution >= 4 is 35.1 Å². The highest BCUT2D eigenvalue weighted by molar-refractivity contribution is 7.12. The molecule has 132 valence electrons. The number of hydrogen-bond donors (Lipinski definition) is 3. The van der Waals surface area contributed by atoms with Gasteiger partial charge in [0.25, 0.3) is 0 Å². The minimum atomic E-state index is -0.730. The lowest BCUT2D eigenvalue weighted by atomic mass is 9.91. The van der Waals surface area contributed by atoms with Crippen molar-refractivity contribution < 1.29 is 9.90 Å². The monoisotopic (exact) mass is 377 g/mol. The van der Waals surface area contributed by atoms with Crippen LogP contribution >= 0.6 is 22.9 Å². The van der Waals surface area contributed by atoms with Crippen LogP contribution in [0.1, 0.15) is 11.3 Å². The average Bonchev–Trinajstić information content (AvgIpc) is 3.08. The number of piperidine rings is 1. The standard InChI is InChI=1S/C18H20ClN3O2S/c19-15-3-1-13(2-4-15)16-5-6-25-17(16)11-22-21-9-12-7-14(18(23)24)10-20-8-12/h1-6,11-12,14,20-21H,7-10H2,(H,23,24)/b22-11+/t12-,14+/m0/s1. The quantitative estimate of drug-likeness (QED) is 0.533. The molecule has 1 aliphatic heterocycles. The average molecular weight is 378 g/mol. The maximum atomic E-state index is 11.1. The van der Waals surface area contributed by atoms with Gasteiger partial charge >= 0.3 is 5.97 Å². The van der Waals surface area contributed by atoms with Crippen LogP contribution in [0, 0.1) is 11.8 Å². The van der Waals surface area contributed by atoms with Crippen molar-refractivity contribution in [1.82, 2.24) is 10.7 Å². The minimum absolute atomic E-state index is 0.270. The molecule has 2 aromatic rings. The lowest BCUT2D eigenvalue weighted by molar-refractivity contribution is -0.142. The van der Waals surface area contributed by atoms with Crippen molar-refractivity contribution in [2.45, 2.75) is 6.42 Å². The summed E-state index contributed by atoms with van der Waals surface area (Å²) in [6, 6.07) is 9.81. The zero-order valence-corrected chi connectivity index (χ0v) is 15.2. The highest BCUT2D eigenvalue weighted by Gasteiger charge is 2.26. The van der Waals surface area contributed by atoms with Gasteiger partial charge in [0, 0.05) is 23.7 Å². The van der Waals surface area contributed by atoms with E-state index < -0.39 is 5.97 Å². The molecule has 3 N–H and O–H groups in total. The largest absolute Gasteiger partial charge is 0.481 e. The molecule has 2 heterocycles. The maximum Gasteiger partial charge on any atom is 0.307 e. The van der Waals surface area contributed by atoms with E-state index in [4.69, 9.17) is 16.7 Å². The number of carboxylic acid groups (broad SMARTS) is 1. The minimum Gasteiger partial charge on any atom is -0.481 e. The van der Waals surface area contributed by atoms with Crippen LogP contribution in [-0.2, 0) is 4.79 Å². The second-order valence-corrected chi connectivity index (χ2v) is 7.51. The Labute approximate surface area is 155 Å². The Morgan fingerprint density at radius 3 is 2.92 bits per heavy atom. The number of halogens is 1. The van der Waals surface area contributed by atoms with Crippen LogP contribution in [0.25, 0.3) is 11.1 Å². The number of hydrazone groups is 1. The van der Waals surface area contributed by atoms with Gasteiger partial charge in [-0.2, -0.15) is 5.10 Å². The first-order valence-electron chi connectivity index (χ1n) is 8.16. The Balaban J connectivity index is 1.56. The molecular formula is C18H20ClN3O2S. The van der Waals surface area contributed by atoms with Gasteiger partial charge in [-0.25, -0.2) is 0 Å². The fraction of sp³-hybridized carbons (Fsp3) is 0.333. The molecule has 5 nitrogen and oxygen atoms in total. The topological polar surface area (TPSA) is 73.7 Å². The molecule has 7 heteroatoms. The molecule has 1 aliphatic rings. The van der Waals surface area contributed by atoms with Crippen LogP contribution in [0.4, 0.5) is 0 Å². The van der Waals surface area contributed by atoms with E-state index in [0.717, 1.165) is 27.6 Å². The second-order valence-electron chi connectivity index (χ2n) is 6.12. The molecule has 0 spiro atoms. The van der Waals surface area contributed by atoms with Crippen LogP contribution in [0.15, 0.2) is 40.8 Å². The van der Waals surface area contributed by atoms with Crippen LogP contribution in [0.2, 0.25) is 5.02 Å². The number of hydrogen-bond acceptors (Lipinski definition) is 5. The first-order valence-corrected chi connectivity index (χ1v) is 9.42. The normalized spacial score (nSPS) is 20.7. The van der Waals surface area contributed by atoms with Gasteiger partial charge in [-0.1, -0.05) is 23.7 Å². The molecule has 1 aromatic heterocycles. The van der Waals surface area contributed by atoms with E-state index >= 15 is 0 Å².